The van der Waals surface area contributed by atoms with E-state index >= 15 is 0 Å². The molecule has 14 heteroatoms. The van der Waals surface area contributed by atoms with Gasteiger partial charge < -0.3 is 15.6 Å². The highest BCUT2D eigenvalue weighted by Crippen LogP contribution is 2.35. The second-order valence-corrected chi connectivity index (χ2v) is 7.44. The number of halogens is 4. The third-order valence-corrected chi connectivity index (χ3v) is 5.19. The maximum atomic E-state index is 14.6. The first-order valence-electron chi connectivity index (χ1n) is 8.87. The first kappa shape index (κ1) is 23.8. The molecule has 0 bridgehead atoms. The van der Waals surface area contributed by atoms with Crippen molar-refractivity contribution in [1.29, 1.82) is 0 Å². The quantitative estimate of drug-likeness (QED) is 0.309. The minimum Gasteiger partial charge on any atom is -0.481 e. The monoisotopic (exact) mass is 486 g/mol. The van der Waals surface area contributed by atoms with Crippen molar-refractivity contribution in [3.05, 3.63) is 68.9 Å². The lowest BCUT2D eigenvalue weighted by Crippen LogP contribution is -2.41. The van der Waals surface area contributed by atoms with Gasteiger partial charge in [0.25, 0.3) is 5.56 Å². The van der Waals surface area contributed by atoms with Gasteiger partial charge in [0.1, 0.15) is 16.5 Å². The SMILES string of the molecule is Cn1c(C(F)(F)F)cc(=O)n(-c2cc(Oc3cccnc3SCC(=O)O)c(N)cc2F)c1=O. The molecule has 0 aliphatic rings. The van der Waals surface area contributed by atoms with Crippen LogP contribution in [0.4, 0.5) is 23.2 Å². The Morgan fingerprint density at radius 2 is 1.94 bits per heavy atom. The molecule has 3 N–H and O–H groups in total. The fraction of sp³-hybridized carbons (Fsp3) is 0.158. The van der Waals surface area contributed by atoms with Gasteiger partial charge in [-0.2, -0.15) is 13.2 Å². The number of rotatable bonds is 6. The predicted molar refractivity (Wildman–Crippen MR) is 109 cm³/mol. The van der Waals surface area contributed by atoms with Crippen LogP contribution in [-0.2, 0) is 18.0 Å². The summed E-state index contributed by atoms with van der Waals surface area (Å²) in [7, 11) is 0.787. The Morgan fingerprint density at radius 3 is 2.58 bits per heavy atom. The van der Waals surface area contributed by atoms with Crippen LogP contribution >= 0.6 is 11.8 Å². The molecular weight excluding hydrogens is 472 g/mol. The summed E-state index contributed by atoms with van der Waals surface area (Å²) in [6.45, 7) is 0. The Kier molecular flexibility index (Phi) is 6.48. The molecule has 1 aromatic carbocycles. The molecule has 174 valence electrons. The van der Waals surface area contributed by atoms with Gasteiger partial charge in [-0.3, -0.25) is 14.2 Å². The van der Waals surface area contributed by atoms with Gasteiger partial charge in [-0.15, -0.1) is 0 Å². The molecular formula is C19H14F4N4O5S. The molecule has 0 unspecified atom stereocenters. The normalized spacial score (nSPS) is 11.4. The molecule has 3 aromatic rings. The Morgan fingerprint density at radius 1 is 1.24 bits per heavy atom. The van der Waals surface area contributed by atoms with Crippen molar-refractivity contribution in [2.45, 2.75) is 11.2 Å². The molecule has 3 rings (SSSR count). The maximum Gasteiger partial charge on any atom is 0.431 e. The molecule has 9 nitrogen and oxygen atoms in total. The Labute approximate surface area is 186 Å². The van der Waals surface area contributed by atoms with E-state index in [0.717, 1.165) is 30.9 Å². The number of anilines is 1. The number of aliphatic carboxylic acids is 1. The fourth-order valence-electron chi connectivity index (χ4n) is 2.75. The molecule has 0 saturated heterocycles. The van der Waals surface area contributed by atoms with Crippen molar-refractivity contribution >= 4 is 23.4 Å². The third kappa shape index (κ3) is 5.00. The number of aromatic nitrogens is 3. The van der Waals surface area contributed by atoms with Gasteiger partial charge in [0.15, 0.2) is 11.5 Å². The number of nitrogens with zero attached hydrogens (tertiary/aromatic N) is 3. The molecule has 2 aromatic heterocycles. The van der Waals surface area contributed by atoms with Crippen molar-refractivity contribution in [3.8, 4) is 17.2 Å². The summed E-state index contributed by atoms with van der Waals surface area (Å²) in [5, 5.41) is 9.01. The van der Waals surface area contributed by atoms with Gasteiger partial charge in [-0.25, -0.2) is 18.7 Å². The number of nitrogen functional groups attached to an aromatic ring is 1. The van der Waals surface area contributed by atoms with Gasteiger partial charge >= 0.3 is 17.8 Å². The van der Waals surface area contributed by atoms with Crippen LogP contribution in [0.2, 0.25) is 0 Å². The van der Waals surface area contributed by atoms with Crippen LogP contribution in [0.5, 0.6) is 11.5 Å². The minimum atomic E-state index is -4.98. The molecule has 0 atom stereocenters. The molecule has 33 heavy (non-hydrogen) atoms. The predicted octanol–water partition coefficient (Wildman–Crippen LogP) is 2.64. The van der Waals surface area contributed by atoms with Crippen LogP contribution < -0.4 is 21.7 Å². The molecule has 0 saturated carbocycles. The van der Waals surface area contributed by atoms with Crippen LogP contribution in [0, 0.1) is 5.82 Å². The number of hydrogen-bond donors (Lipinski definition) is 2. The zero-order valence-corrected chi connectivity index (χ0v) is 17.4. The van der Waals surface area contributed by atoms with Crippen LogP contribution in [0.25, 0.3) is 5.69 Å². The number of carbonyl (C=O) groups is 1. The maximum absolute atomic E-state index is 14.6. The number of benzene rings is 1. The summed E-state index contributed by atoms with van der Waals surface area (Å²) < 4.78 is 59.8. The average Bonchev–Trinajstić information content (AvgIpc) is 2.72. The van der Waals surface area contributed by atoms with E-state index in [4.69, 9.17) is 15.6 Å². The van der Waals surface area contributed by atoms with Gasteiger partial charge in [0.05, 0.1) is 17.1 Å². The molecule has 0 radical (unpaired) electrons. The van der Waals surface area contributed by atoms with Crippen LogP contribution in [0.3, 0.4) is 0 Å². The lowest BCUT2D eigenvalue weighted by molar-refractivity contribution is -0.144. The van der Waals surface area contributed by atoms with Crippen molar-refractivity contribution in [2.75, 3.05) is 11.5 Å². The van der Waals surface area contributed by atoms with E-state index in [1.54, 1.807) is 0 Å². The summed E-state index contributed by atoms with van der Waals surface area (Å²) >= 11 is 0.829. The van der Waals surface area contributed by atoms with Crippen molar-refractivity contribution < 1.29 is 32.2 Å². The summed E-state index contributed by atoms with van der Waals surface area (Å²) in [5.41, 5.74) is 0.457. The summed E-state index contributed by atoms with van der Waals surface area (Å²) in [4.78, 5) is 39.6. The average molecular weight is 486 g/mol. The summed E-state index contributed by atoms with van der Waals surface area (Å²) in [6, 6.07) is 4.66. The van der Waals surface area contributed by atoms with E-state index in [-0.39, 0.29) is 43.2 Å². The number of nitrogens with two attached hydrogens (primary N) is 1. The van der Waals surface area contributed by atoms with E-state index in [1.165, 1.54) is 18.3 Å². The van der Waals surface area contributed by atoms with Crippen molar-refractivity contribution in [1.82, 2.24) is 14.1 Å². The van der Waals surface area contributed by atoms with Crippen molar-refractivity contribution in [3.63, 3.8) is 0 Å². The summed E-state index contributed by atoms with van der Waals surface area (Å²) in [5.74, 6) is -2.82. The first-order chi connectivity index (χ1) is 15.4. The second kappa shape index (κ2) is 8.97. The number of pyridine rings is 1. The molecule has 0 aliphatic carbocycles. The molecule has 0 aliphatic heterocycles. The van der Waals surface area contributed by atoms with Crippen LogP contribution in [0.15, 0.2) is 51.1 Å². The molecule has 0 fully saturated rings. The topological polar surface area (TPSA) is 129 Å². The smallest absolute Gasteiger partial charge is 0.431 e. The number of thioether (sulfide) groups is 1. The van der Waals surface area contributed by atoms with E-state index < -0.39 is 40.6 Å². The highest BCUT2D eigenvalue weighted by Gasteiger charge is 2.35. The lowest BCUT2D eigenvalue weighted by Gasteiger charge is -2.16. The van der Waals surface area contributed by atoms with E-state index in [2.05, 4.69) is 4.98 Å². The van der Waals surface area contributed by atoms with Gasteiger partial charge in [-0.05, 0) is 12.1 Å². The Balaban J connectivity index is 2.12. The van der Waals surface area contributed by atoms with Gasteiger partial charge in [0, 0.05) is 31.4 Å². The van der Waals surface area contributed by atoms with E-state index in [9.17, 15) is 31.9 Å². The minimum absolute atomic E-state index is 0.0423. The zero-order valence-electron chi connectivity index (χ0n) is 16.6. The number of ether oxygens (including phenoxy) is 1. The standard InChI is InChI=1S/C19H14F4N4O5S/c1-26-14(19(21,22)23)7-15(28)27(18(26)31)11-6-13(10(24)5-9(11)20)32-12-3-2-4-25-17(12)33-8-16(29)30/h2-7H,8,24H2,1H3,(H,29,30). The fourth-order valence-corrected chi connectivity index (χ4v) is 3.40. The highest BCUT2D eigenvalue weighted by atomic mass is 32.2. The Bertz CT molecular complexity index is 1350. The van der Waals surface area contributed by atoms with Gasteiger partial charge in [-0.1, -0.05) is 11.8 Å². The zero-order chi connectivity index (χ0) is 24.5. The largest absolute Gasteiger partial charge is 0.481 e. The van der Waals surface area contributed by atoms with Crippen molar-refractivity contribution in [2.24, 2.45) is 7.05 Å². The first-order valence-corrected chi connectivity index (χ1v) is 9.86. The van der Waals surface area contributed by atoms with Crippen LogP contribution in [-0.4, -0.2) is 30.9 Å². The van der Waals surface area contributed by atoms with E-state index in [0.29, 0.717) is 0 Å². The number of alkyl halides is 3. The molecule has 2 heterocycles. The number of hydrogen-bond acceptors (Lipinski definition) is 7. The van der Waals surface area contributed by atoms with Crippen LogP contribution in [0.1, 0.15) is 5.69 Å². The number of carboxylic acids is 1. The molecule has 0 spiro atoms. The highest BCUT2D eigenvalue weighted by molar-refractivity contribution is 8.00. The lowest BCUT2D eigenvalue weighted by atomic mass is 10.2. The second-order valence-electron chi connectivity index (χ2n) is 6.48. The van der Waals surface area contributed by atoms with E-state index in [1.807, 2.05) is 0 Å². The number of carboxylic acid groups (broad SMARTS) is 1. The van der Waals surface area contributed by atoms with Gasteiger partial charge in [0.2, 0.25) is 0 Å². The molecule has 0 amide bonds. The summed E-state index contributed by atoms with van der Waals surface area (Å²) in [6.07, 6.45) is -3.60. The third-order valence-electron chi connectivity index (χ3n) is 4.22. The Hall–Kier alpha value is -3.81.